The Hall–Kier alpha value is -2.72. The van der Waals surface area contributed by atoms with Crippen LogP contribution in [0.5, 0.6) is 0 Å². The minimum absolute atomic E-state index is 0.438. The zero-order chi connectivity index (χ0) is 19.5. The highest BCUT2D eigenvalue weighted by Gasteiger charge is 2.07. The van der Waals surface area contributed by atoms with Gasteiger partial charge in [-0.3, -0.25) is 4.98 Å². The van der Waals surface area contributed by atoms with Gasteiger partial charge in [-0.05, 0) is 50.2 Å². The van der Waals surface area contributed by atoms with Crippen LogP contribution < -0.4 is 11.1 Å². The summed E-state index contributed by atoms with van der Waals surface area (Å²) in [5.41, 5.74) is 12.4. The van der Waals surface area contributed by atoms with Gasteiger partial charge in [-0.15, -0.1) is 0 Å². The molecule has 0 radical (unpaired) electrons. The third kappa shape index (κ3) is 5.67. The van der Waals surface area contributed by atoms with E-state index in [0.29, 0.717) is 5.82 Å². The van der Waals surface area contributed by atoms with Crippen molar-refractivity contribution in [1.82, 2.24) is 15.3 Å². The van der Waals surface area contributed by atoms with Crippen molar-refractivity contribution in [2.75, 3.05) is 19.8 Å². The fraction of sp³-hybridized carbons (Fsp3) is 0.273. The average Bonchev–Trinajstić information content (AvgIpc) is 2.65. The van der Waals surface area contributed by atoms with E-state index in [4.69, 9.17) is 5.73 Å². The van der Waals surface area contributed by atoms with Crippen LogP contribution in [0.1, 0.15) is 25.0 Å². The molecular weight excluding hydrogens is 320 g/mol. The molecule has 26 heavy (non-hydrogen) atoms. The number of nitrogen functional groups attached to an aromatic ring is 1. The molecule has 3 rings (SSSR count). The maximum Gasteiger partial charge on any atom is 0.141 e. The number of aryl methyl sites for hydroxylation is 2. The van der Waals surface area contributed by atoms with Gasteiger partial charge in [-0.25, -0.2) is 4.98 Å². The molecule has 3 aromatic rings. The molecule has 0 fully saturated rings. The molecule has 0 saturated carbocycles. The first-order valence-corrected chi connectivity index (χ1v) is 8.90. The number of nitrogens with two attached hydrogens (primary N) is 1. The van der Waals surface area contributed by atoms with Gasteiger partial charge in [0.2, 0.25) is 0 Å². The van der Waals surface area contributed by atoms with Crippen LogP contribution in [0.3, 0.4) is 0 Å². The monoisotopic (exact) mass is 350 g/mol. The molecule has 3 N–H and O–H groups in total. The largest absolute Gasteiger partial charge is 0.382 e. The average molecular weight is 351 g/mol. The molecule has 0 bridgehead atoms. The van der Waals surface area contributed by atoms with E-state index in [1.165, 1.54) is 22.3 Å². The molecule has 0 spiro atoms. The lowest BCUT2D eigenvalue weighted by atomic mass is 9.96. The topological polar surface area (TPSA) is 63.8 Å². The van der Waals surface area contributed by atoms with E-state index in [1.54, 1.807) is 12.4 Å². The van der Waals surface area contributed by atoms with Gasteiger partial charge in [-0.1, -0.05) is 56.3 Å². The van der Waals surface area contributed by atoms with E-state index in [1.807, 2.05) is 27.9 Å². The highest BCUT2D eigenvalue weighted by molar-refractivity contribution is 5.73. The second kappa shape index (κ2) is 11.0. The van der Waals surface area contributed by atoms with Crippen molar-refractivity contribution >= 4 is 5.82 Å². The third-order valence-electron chi connectivity index (χ3n) is 3.63. The summed E-state index contributed by atoms with van der Waals surface area (Å²) in [6, 6.07) is 14.8. The lowest BCUT2D eigenvalue weighted by Crippen LogP contribution is -1.94. The second-order valence-corrected chi connectivity index (χ2v) is 5.67. The van der Waals surface area contributed by atoms with E-state index >= 15 is 0 Å². The van der Waals surface area contributed by atoms with Gasteiger partial charge in [0.25, 0.3) is 0 Å². The summed E-state index contributed by atoms with van der Waals surface area (Å²) in [4.78, 5) is 8.45. The van der Waals surface area contributed by atoms with Crippen LogP contribution in [0, 0.1) is 13.8 Å². The van der Waals surface area contributed by atoms with Crippen LogP contribution in [0.2, 0.25) is 0 Å². The number of hydrogen-bond acceptors (Lipinski definition) is 4. The van der Waals surface area contributed by atoms with Crippen molar-refractivity contribution in [3.05, 3.63) is 66.0 Å². The Kier molecular flexibility index (Phi) is 9.02. The van der Waals surface area contributed by atoms with Crippen molar-refractivity contribution in [2.24, 2.45) is 0 Å². The maximum absolute atomic E-state index is 5.59. The molecule has 0 aliphatic heterocycles. The Morgan fingerprint density at radius 2 is 1.46 bits per heavy atom. The number of nitrogens with zero attached hydrogens (tertiary/aromatic N) is 2. The number of nitrogens with one attached hydrogen (secondary N) is 1. The molecule has 1 aromatic heterocycles. The molecule has 0 atom stereocenters. The van der Waals surface area contributed by atoms with Gasteiger partial charge in [0.1, 0.15) is 5.82 Å². The van der Waals surface area contributed by atoms with Crippen LogP contribution >= 0.6 is 0 Å². The van der Waals surface area contributed by atoms with Gasteiger partial charge in [-0.2, -0.15) is 0 Å². The third-order valence-corrected chi connectivity index (χ3v) is 3.63. The Labute approximate surface area is 157 Å². The smallest absolute Gasteiger partial charge is 0.141 e. The SMILES string of the molecule is CC.CNC.Cc1ccccc1-c1ccc(-c2cnc(N)cn2)c(C)c1. The predicted molar refractivity (Wildman–Crippen MR) is 113 cm³/mol. The van der Waals surface area contributed by atoms with Gasteiger partial charge in [0.05, 0.1) is 18.1 Å². The zero-order valence-corrected chi connectivity index (χ0v) is 16.7. The van der Waals surface area contributed by atoms with Crippen LogP contribution in [0.25, 0.3) is 22.4 Å². The van der Waals surface area contributed by atoms with Crippen molar-refractivity contribution < 1.29 is 0 Å². The molecule has 0 saturated heterocycles. The molecule has 0 aliphatic carbocycles. The molecular formula is C22H30N4. The minimum atomic E-state index is 0.438. The van der Waals surface area contributed by atoms with Crippen molar-refractivity contribution in [3.63, 3.8) is 0 Å². The molecule has 2 aromatic carbocycles. The van der Waals surface area contributed by atoms with Crippen molar-refractivity contribution in [2.45, 2.75) is 27.7 Å². The summed E-state index contributed by atoms with van der Waals surface area (Å²) in [6.45, 7) is 8.22. The van der Waals surface area contributed by atoms with E-state index in [-0.39, 0.29) is 0 Å². The number of aromatic nitrogens is 2. The van der Waals surface area contributed by atoms with Crippen molar-refractivity contribution in [3.8, 4) is 22.4 Å². The van der Waals surface area contributed by atoms with E-state index < -0.39 is 0 Å². The second-order valence-electron chi connectivity index (χ2n) is 5.67. The van der Waals surface area contributed by atoms with E-state index in [0.717, 1.165) is 11.3 Å². The summed E-state index contributed by atoms with van der Waals surface area (Å²) < 4.78 is 0. The molecule has 4 heteroatoms. The van der Waals surface area contributed by atoms with Crippen molar-refractivity contribution in [1.29, 1.82) is 0 Å². The summed E-state index contributed by atoms with van der Waals surface area (Å²) in [5, 5.41) is 2.75. The molecule has 0 aliphatic rings. The number of benzene rings is 2. The Bertz CT molecular complexity index is 795. The van der Waals surface area contributed by atoms with Crippen LogP contribution in [0.4, 0.5) is 5.82 Å². The Morgan fingerprint density at radius 3 is 2.00 bits per heavy atom. The summed E-state index contributed by atoms with van der Waals surface area (Å²) in [7, 11) is 3.75. The number of rotatable bonds is 2. The Morgan fingerprint density at radius 1 is 0.808 bits per heavy atom. The van der Waals surface area contributed by atoms with E-state index in [2.05, 4.69) is 71.6 Å². The highest BCUT2D eigenvalue weighted by Crippen LogP contribution is 2.29. The first kappa shape index (κ1) is 21.3. The minimum Gasteiger partial charge on any atom is -0.382 e. The Balaban J connectivity index is 0.000000615. The highest BCUT2D eigenvalue weighted by atomic mass is 14.9. The lowest BCUT2D eigenvalue weighted by molar-refractivity contribution is 1.02. The fourth-order valence-electron chi connectivity index (χ4n) is 2.49. The lowest BCUT2D eigenvalue weighted by Gasteiger charge is -2.10. The number of hydrogen-bond donors (Lipinski definition) is 2. The molecule has 4 nitrogen and oxygen atoms in total. The van der Waals surface area contributed by atoms with Crippen LogP contribution in [-0.2, 0) is 0 Å². The number of anilines is 1. The molecule has 138 valence electrons. The molecule has 0 unspecified atom stereocenters. The first-order chi connectivity index (χ1) is 12.6. The molecule has 0 amide bonds. The predicted octanol–water partition coefficient (Wildman–Crippen LogP) is 4.87. The fourth-order valence-corrected chi connectivity index (χ4v) is 2.49. The zero-order valence-electron chi connectivity index (χ0n) is 16.7. The molecule has 1 heterocycles. The normalized spacial score (nSPS) is 9.46. The standard InChI is InChI=1S/C18H17N3.C2H7N.C2H6/c1-12-5-3-4-6-15(12)14-7-8-16(13(2)9-14)17-10-21-18(19)11-20-17;1-3-2;1-2/h3-11H,1-2H3,(H2,19,21);3H,1-2H3;1-2H3. The van der Waals surface area contributed by atoms with Gasteiger partial charge in [0, 0.05) is 5.56 Å². The van der Waals surface area contributed by atoms with E-state index in [9.17, 15) is 0 Å². The maximum atomic E-state index is 5.59. The summed E-state index contributed by atoms with van der Waals surface area (Å²) in [5.74, 6) is 0.438. The van der Waals surface area contributed by atoms with Gasteiger partial charge in [0.15, 0.2) is 0 Å². The quantitative estimate of drug-likeness (QED) is 0.692. The summed E-state index contributed by atoms with van der Waals surface area (Å²) in [6.07, 6.45) is 3.30. The van der Waals surface area contributed by atoms with Crippen LogP contribution in [-0.4, -0.2) is 24.1 Å². The summed E-state index contributed by atoms with van der Waals surface area (Å²) >= 11 is 0. The van der Waals surface area contributed by atoms with Gasteiger partial charge >= 0.3 is 0 Å². The van der Waals surface area contributed by atoms with Crippen LogP contribution in [0.15, 0.2) is 54.9 Å². The first-order valence-electron chi connectivity index (χ1n) is 8.90. The van der Waals surface area contributed by atoms with Gasteiger partial charge < -0.3 is 11.1 Å².